The van der Waals surface area contributed by atoms with Crippen molar-refractivity contribution in [3.8, 4) is 5.75 Å². The highest BCUT2D eigenvalue weighted by molar-refractivity contribution is 6.34. The van der Waals surface area contributed by atoms with Crippen molar-refractivity contribution >= 4 is 29.1 Å². The molecule has 1 amide bonds. The minimum absolute atomic E-state index is 0.00973. The maximum Gasteiger partial charge on any atom is 0.220 e. The Labute approximate surface area is 111 Å². The van der Waals surface area contributed by atoms with Crippen LogP contribution in [-0.2, 0) is 11.3 Å². The third-order valence-corrected chi connectivity index (χ3v) is 2.92. The summed E-state index contributed by atoms with van der Waals surface area (Å²) in [6.45, 7) is 2.33. The van der Waals surface area contributed by atoms with Crippen LogP contribution in [0, 0.1) is 0 Å². The highest BCUT2D eigenvalue weighted by Gasteiger charge is 2.08. The summed E-state index contributed by atoms with van der Waals surface area (Å²) < 4.78 is 5.04. The van der Waals surface area contributed by atoms with Crippen molar-refractivity contribution in [1.29, 1.82) is 0 Å². The smallest absolute Gasteiger partial charge is 0.220 e. The normalized spacial score (nSPS) is 10.1. The van der Waals surface area contributed by atoms with Gasteiger partial charge in [0.2, 0.25) is 5.91 Å². The summed E-state index contributed by atoms with van der Waals surface area (Å²) in [6, 6.07) is 3.35. The molecule has 0 aliphatic rings. The second-order valence-corrected chi connectivity index (χ2v) is 4.42. The summed E-state index contributed by atoms with van der Waals surface area (Å²) in [6.07, 6.45) is 1.34. The highest BCUT2D eigenvalue weighted by Crippen LogP contribution is 2.30. The van der Waals surface area contributed by atoms with Crippen molar-refractivity contribution in [1.82, 2.24) is 5.32 Å². The molecule has 0 bridgehead atoms. The second-order valence-electron chi connectivity index (χ2n) is 3.60. The van der Waals surface area contributed by atoms with Gasteiger partial charge in [0.15, 0.2) is 0 Å². The Hall–Kier alpha value is -0.930. The molecule has 0 saturated carbocycles. The lowest BCUT2D eigenvalue weighted by Crippen LogP contribution is -2.22. The molecular weight excluding hydrogens is 261 g/mol. The lowest BCUT2D eigenvalue weighted by Gasteiger charge is -2.09. The first-order valence-corrected chi connectivity index (χ1v) is 6.12. The molecule has 1 aromatic rings. The molecule has 0 fully saturated rings. The Morgan fingerprint density at radius 3 is 2.65 bits per heavy atom. The Bertz CT molecular complexity index is 408. The first-order chi connectivity index (χ1) is 8.08. The third-order valence-electron chi connectivity index (χ3n) is 2.27. The zero-order valence-corrected chi connectivity index (χ0v) is 11.4. The molecule has 1 N–H and O–H groups in total. The lowest BCUT2D eigenvalue weighted by molar-refractivity contribution is -0.121. The zero-order valence-electron chi connectivity index (χ0n) is 9.85. The number of ether oxygens (including phenoxy) is 1. The summed E-state index contributed by atoms with van der Waals surface area (Å²) in [5, 5.41) is 3.80. The van der Waals surface area contributed by atoms with Crippen LogP contribution in [-0.4, -0.2) is 13.0 Å². The standard InChI is InChI=1S/C12H15Cl2NO2/c1-3-4-12(16)15-7-8-5-10(14)11(17-2)6-9(8)13/h5-6H,3-4,7H2,1-2H3,(H,15,16). The number of amides is 1. The molecule has 17 heavy (non-hydrogen) atoms. The van der Waals surface area contributed by atoms with Crippen LogP contribution >= 0.6 is 23.2 Å². The van der Waals surface area contributed by atoms with Crippen molar-refractivity contribution in [3.05, 3.63) is 27.7 Å². The predicted octanol–water partition coefficient (Wildman–Crippen LogP) is 3.42. The Kier molecular flexibility index (Phi) is 5.59. The van der Waals surface area contributed by atoms with Crippen molar-refractivity contribution in [2.75, 3.05) is 7.11 Å². The van der Waals surface area contributed by atoms with Crippen molar-refractivity contribution < 1.29 is 9.53 Å². The Morgan fingerprint density at radius 2 is 2.06 bits per heavy atom. The van der Waals surface area contributed by atoms with Gasteiger partial charge in [0.05, 0.1) is 12.1 Å². The first-order valence-electron chi connectivity index (χ1n) is 5.37. The molecule has 0 aromatic heterocycles. The van der Waals surface area contributed by atoms with Gasteiger partial charge in [0.25, 0.3) is 0 Å². The largest absolute Gasteiger partial charge is 0.495 e. The molecule has 3 nitrogen and oxygen atoms in total. The zero-order chi connectivity index (χ0) is 12.8. The van der Waals surface area contributed by atoms with Gasteiger partial charge < -0.3 is 10.1 Å². The number of carbonyl (C=O) groups is 1. The number of benzene rings is 1. The van der Waals surface area contributed by atoms with E-state index in [2.05, 4.69) is 5.32 Å². The molecule has 0 spiro atoms. The lowest BCUT2D eigenvalue weighted by atomic mass is 10.2. The number of halogens is 2. The van der Waals surface area contributed by atoms with E-state index in [9.17, 15) is 4.79 Å². The van der Waals surface area contributed by atoms with E-state index < -0.39 is 0 Å². The van der Waals surface area contributed by atoms with Gasteiger partial charge in [0, 0.05) is 24.1 Å². The fraction of sp³-hybridized carbons (Fsp3) is 0.417. The average Bonchev–Trinajstić information content (AvgIpc) is 2.30. The van der Waals surface area contributed by atoms with Gasteiger partial charge >= 0.3 is 0 Å². The van der Waals surface area contributed by atoms with E-state index >= 15 is 0 Å². The molecule has 1 rings (SSSR count). The van der Waals surface area contributed by atoms with E-state index in [1.54, 1.807) is 12.1 Å². The minimum atomic E-state index is 0.00973. The SMILES string of the molecule is CCCC(=O)NCc1cc(Cl)c(OC)cc1Cl. The fourth-order valence-electron chi connectivity index (χ4n) is 1.37. The summed E-state index contributed by atoms with van der Waals surface area (Å²) >= 11 is 12.0. The van der Waals surface area contributed by atoms with Crippen LogP contribution in [0.4, 0.5) is 0 Å². The maximum atomic E-state index is 11.3. The fourth-order valence-corrected chi connectivity index (χ4v) is 1.85. The monoisotopic (exact) mass is 275 g/mol. The number of hydrogen-bond donors (Lipinski definition) is 1. The van der Waals surface area contributed by atoms with Crippen LogP contribution in [0.3, 0.4) is 0 Å². The first kappa shape index (κ1) is 14.1. The predicted molar refractivity (Wildman–Crippen MR) is 69.8 cm³/mol. The molecule has 94 valence electrons. The third kappa shape index (κ3) is 4.10. The second kappa shape index (κ2) is 6.72. The topological polar surface area (TPSA) is 38.3 Å². The van der Waals surface area contributed by atoms with Crippen LogP contribution in [0.25, 0.3) is 0 Å². The van der Waals surface area contributed by atoms with E-state index in [0.29, 0.717) is 28.8 Å². The van der Waals surface area contributed by atoms with Crippen LogP contribution in [0.15, 0.2) is 12.1 Å². The summed E-state index contributed by atoms with van der Waals surface area (Å²) in [7, 11) is 1.53. The molecular formula is C12H15Cl2NO2. The summed E-state index contributed by atoms with van der Waals surface area (Å²) in [5.41, 5.74) is 0.780. The molecule has 0 aliphatic heterocycles. The van der Waals surface area contributed by atoms with Gasteiger partial charge in [-0.05, 0) is 18.1 Å². The molecule has 0 saturated heterocycles. The Balaban J connectivity index is 2.72. The number of hydrogen-bond acceptors (Lipinski definition) is 2. The van der Waals surface area contributed by atoms with Crippen molar-refractivity contribution in [3.63, 3.8) is 0 Å². The molecule has 1 aromatic carbocycles. The van der Waals surface area contributed by atoms with E-state index in [0.717, 1.165) is 12.0 Å². The van der Waals surface area contributed by atoms with Gasteiger partial charge in [-0.1, -0.05) is 30.1 Å². The van der Waals surface area contributed by atoms with E-state index in [1.807, 2.05) is 6.92 Å². The van der Waals surface area contributed by atoms with Gasteiger partial charge in [-0.15, -0.1) is 0 Å². The number of methoxy groups -OCH3 is 1. The Morgan fingerprint density at radius 1 is 1.35 bits per heavy atom. The van der Waals surface area contributed by atoms with Crippen LogP contribution < -0.4 is 10.1 Å². The molecule has 0 unspecified atom stereocenters. The molecule has 0 heterocycles. The summed E-state index contributed by atoms with van der Waals surface area (Å²) in [5.74, 6) is 0.538. The van der Waals surface area contributed by atoms with Gasteiger partial charge in [-0.3, -0.25) is 4.79 Å². The summed E-state index contributed by atoms with van der Waals surface area (Å²) in [4.78, 5) is 11.3. The molecule has 0 atom stereocenters. The van der Waals surface area contributed by atoms with Crippen LogP contribution in [0.2, 0.25) is 10.0 Å². The minimum Gasteiger partial charge on any atom is -0.495 e. The van der Waals surface area contributed by atoms with Crippen molar-refractivity contribution in [2.24, 2.45) is 0 Å². The van der Waals surface area contributed by atoms with E-state index in [4.69, 9.17) is 27.9 Å². The van der Waals surface area contributed by atoms with Gasteiger partial charge in [-0.25, -0.2) is 0 Å². The van der Waals surface area contributed by atoms with Gasteiger partial charge in [-0.2, -0.15) is 0 Å². The van der Waals surface area contributed by atoms with Gasteiger partial charge in [0.1, 0.15) is 5.75 Å². The molecule has 5 heteroatoms. The number of rotatable bonds is 5. The number of nitrogens with one attached hydrogen (secondary N) is 1. The quantitative estimate of drug-likeness (QED) is 0.894. The van der Waals surface area contributed by atoms with Crippen LogP contribution in [0.5, 0.6) is 5.75 Å². The molecule has 0 radical (unpaired) electrons. The van der Waals surface area contributed by atoms with Crippen LogP contribution in [0.1, 0.15) is 25.3 Å². The average molecular weight is 276 g/mol. The number of carbonyl (C=O) groups excluding carboxylic acids is 1. The van der Waals surface area contributed by atoms with Crippen molar-refractivity contribution in [2.45, 2.75) is 26.3 Å². The highest BCUT2D eigenvalue weighted by atomic mass is 35.5. The van der Waals surface area contributed by atoms with E-state index in [1.165, 1.54) is 7.11 Å². The van der Waals surface area contributed by atoms with E-state index in [-0.39, 0.29) is 5.91 Å². The molecule has 0 aliphatic carbocycles. The maximum absolute atomic E-state index is 11.3.